The van der Waals surface area contributed by atoms with Crippen molar-refractivity contribution in [2.75, 3.05) is 23.3 Å². The monoisotopic (exact) mass is 283 g/mol. The van der Waals surface area contributed by atoms with E-state index in [0.717, 1.165) is 25.1 Å². The van der Waals surface area contributed by atoms with E-state index in [-0.39, 0.29) is 11.8 Å². The van der Waals surface area contributed by atoms with Crippen molar-refractivity contribution in [3.05, 3.63) is 43.0 Å². The minimum atomic E-state index is -0.0530. The summed E-state index contributed by atoms with van der Waals surface area (Å²) >= 11 is 0. The molecule has 2 aromatic heterocycles. The molecule has 1 unspecified atom stereocenters. The number of hydrogen-bond donors (Lipinski definition) is 1. The normalized spacial score (nSPS) is 18.3. The maximum atomic E-state index is 12.3. The second kappa shape index (κ2) is 6.30. The molecular weight excluding hydrogens is 266 g/mol. The van der Waals surface area contributed by atoms with Crippen LogP contribution >= 0.6 is 0 Å². The molecule has 0 saturated carbocycles. The highest BCUT2D eigenvalue weighted by atomic mass is 16.1. The Morgan fingerprint density at radius 3 is 2.86 bits per heavy atom. The van der Waals surface area contributed by atoms with Crippen molar-refractivity contribution in [2.45, 2.75) is 12.8 Å². The van der Waals surface area contributed by atoms with Crippen molar-refractivity contribution in [3.8, 4) is 0 Å². The molecule has 1 atom stereocenters. The van der Waals surface area contributed by atoms with Gasteiger partial charge in [0, 0.05) is 31.7 Å². The minimum absolute atomic E-state index is 0.0311. The standard InChI is InChI=1S/C15H17N5O/c21-14(19-13-5-1-6-16-10-13)12-4-2-9-20(11-12)15-17-7-3-8-18-15/h1,3,5-8,10,12H,2,4,9,11H2,(H,19,21). The number of aromatic nitrogens is 3. The molecule has 0 radical (unpaired) electrons. The van der Waals surface area contributed by atoms with Crippen molar-refractivity contribution in [1.82, 2.24) is 15.0 Å². The van der Waals surface area contributed by atoms with Crippen LogP contribution in [0.3, 0.4) is 0 Å². The zero-order chi connectivity index (χ0) is 14.5. The Hall–Kier alpha value is -2.50. The van der Waals surface area contributed by atoms with E-state index in [1.807, 2.05) is 6.07 Å². The van der Waals surface area contributed by atoms with Crippen LogP contribution in [-0.4, -0.2) is 33.9 Å². The van der Waals surface area contributed by atoms with Crippen molar-refractivity contribution in [3.63, 3.8) is 0 Å². The highest BCUT2D eigenvalue weighted by Gasteiger charge is 2.27. The molecule has 3 rings (SSSR count). The maximum absolute atomic E-state index is 12.3. The second-order valence-corrected chi connectivity index (χ2v) is 5.06. The average molecular weight is 283 g/mol. The SMILES string of the molecule is O=C(Nc1cccnc1)C1CCCN(c2ncccn2)C1. The molecule has 21 heavy (non-hydrogen) atoms. The van der Waals surface area contributed by atoms with Crippen LogP contribution < -0.4 is 10.2 Å². The van der Waals surface area contributed by atoms with E-state index in [0.29, 0.717) is 12.5 Å². The lowest BCUT2D eigenvalue weighted by Gasteiger charge is -2.31. The summed E-state index contributed by atoms with van der Waals surface area (Å²) in [6.45, 7) is 1.54. The molecule has 1 aliphatic heterocycles. The molecule has 0 spiro atoms. The van der Waals surface area contributed by atoms with Gasteiger partial charge in [0.1, 0.15) is 0 Å². The van der Waals surface area contributed by atoms with Gasteiger partial charge in [-0.2, -0.15) is 0 Å². The van der Waals surface area contributed by atoms with E-state index in [1.54, 1.807) is 36.9 Å². The third kappa shape index (κ3) is 3.34. The number of nitrogens with zero attached hydrogens (tertiary/aromatic N) is 4. The van der Waals surface area contributed by atoms with Gasteiger partial charge in [0.05, 0.1) is 17.8 Å². The Labute approximate surface area is 123 Å². The van der Waals surface area contributed by atoms with E-state index in [1.165, 1.54) is 0 Å². The summed E-state index contributed by atoms with van der Waals surface area (Å²) < 4.78 is 0. The van der Waals surface area contributed by atoms with Crippen LogP contribution in [0, 0.1) is 5.92 Å². The quantitative estimate of drug-likeness (QED) is 0.928. The van der Waals surface area contributed by atoms with Gasteiger partial charge in [0.15, 0.2) is 0 Å². The first kappa shape index (κ1) is 13.5. The van der Waals surface area contributed by atoms with E-state index in [4.69, 9.17) is 0 Å². The third-order valence-corrected chi connectivity index (χ3v) is 3.56. The summed E-state index contributed by atoms with van der Waals surface area (Å²) in [6, 6.07) is 5.44. The Morgan fingerprint density at radius 1 is 1.24 bits per heavy atom. The highest BCUT2D eigenvalue weighted by Crippen LogP contribution is 2.21. The van der Waals surface area contributed by atoms with Gasteiger partial charge >= 0.3 is 0 Å². The molecule has 0 aromatic carbocycles. The number of nitrogens with one attached hydrogen (secondary N) is 1. The van der Waals surface area contributed by atoms with Gasteiger partial charge in [0.2, 0.25) is 11.9 Å². The molecule has 1 saturated heterocycles. The summed E-state index contributed by atoms with van der Waals surface area (Å²) in [5, 5.41) is 2.91. The zero-order valence-electron chi connectivity index (χ0n) is 11.6. The van der Waals surface area contributed by atoms with Crippen LogP contribution in [-0.2, 0) is 4.79 Å². The first-order chi connectivity index (χ1) is 10.3. The number of carbonyl (C=O) groups excluding carboxylic acids is 1. The molecule has 1 aliphatic rings. The van der Waals surface area contributed by atoms with E-state index >= 15 is 0 Å². The first-order valence-corrected chi connectivity index (χ1v) is 7.06. The van der Waals surface area contributed by atoms with Gasteiger partial charge in [-0.1, -0.05) is 0 Å². The number of carbonyl (C=O) groups is 1. The minimum Gasteiger partial charge on any atom is -0.340 e. The summed E-state index contributed by atoms with van der Waals surface area (Å²) in [7, 11) is 0. The molecule has 3 heterocycles. The van der Waals surface area contributed by atoms with Crippen molar-refractivity contribution < 1.29 is 4.79 Å². The lowest BCUT2D eigenvalue weighted by Crippen LogP contribution is -2.41. The van der Waals surface area contributed by atoms with E-state index < -0.39 is 0 Å². The number of anilines is 2. The average Bonchev–Trinajstić information content (AvgIpc) is 2.57. The maximum Gasteiger partial charge on any atom is 0.229 e. The fraction of sp³-hybridized carbons (Fsp3) is 0.333. The van der Waals surface area contributed by atoms with Crippen LogP contribution in [0.25, 0.3) is 0 Å². The van der Waals surface area contributed by atoms with Gasteiger partial charge in [-0.15, -0.1) is 0 Å². The van der Waals surface area contributed by atoms with Gasteiger partial charge in [-0.05, 0) is 31.0 Å². The third-order valence-electron chi connectivity index (χ3n) is 3.56. The molecule has 1 amide bonds. The number of piperidine rings is 1. The lowest BCUT2D eigenvalue weighted by molar-refractivity contribution is -0.120. The Balaban J connectivity index is 1.64. The summed E-state index contributed by atoms with van der Waals surface area (Å²) in [6.07, 6.45) is 8.63. The Morgan fingerprint density at radius 2 is 2.10 bits per heavy atom. The second-order valence-electron chi connectivity index (χ2n) is 5.06. The Kier molecular flexibility index (Phi) is 4.04. The van der Waals surface area contributed by atoms with E-state index in [9.17, 15) is 4.79 Å². The van der Waals surface area contributed by atoms with Crippen molar-refractivity contribution in [1.29, 1.82) is 0 Å². The van der Waals surface area contributed by atoms with Gasteiger partial charge < -0.3 is 10.2 Å². The van der Waals surface area contributed by atoms with Crippen LogP contribution in [0.2, 0.25) is 0 Å². The predicted molar refractivity (Wildman–Crippen MR) is 79.8 cm³/mol. The fourth-order valence-corrected chi connectivity index (χ4v) is 2.51. The number of hydrogen-bond acceptors (Lipinski definition) is 5. The molecule has 2 aromatic rings. The van der Waals surface area contributed by atoms with Crippen LogP contribution in [0.5, 0.6) is 0 Å². The van der Waals surface area contributed by atoms with Crippen molar-refractivity contribution >= 4 is 17.5 Å². The molecule has 0 aliphatic carbocycles. The van der Waals surface area contributed by atoms with Crippen LogP contribution in [0.15, 0.2) is 43.0 Å². The molecular formula is C15H17N5O. The topological polar surface area (TPSA) is 71.0 Å². The van der Waals surface area contributed by atoms with E-state index in [2.05, 4.69) is 25.2 Å². The number of rotatable bonds is 3. The highest BCUT2D eigenvalue weighted by molar-refractivity contribution is 5.92. The van der Waals surface area contributed by atoms with Crippen LogP contribution in [0.1, 0.15) is 12.8 Å². The fourth-order valence-electron chi connectivity index (χ4n) is 2.51. The molecule has 1 fully saturated rings. The van der Waals surface area contributed by atoms with Gasteiger partial charge in [0.25, 0.3) is 0 Å². The first-order valence-electron chi connectivity index (χ1n) is 7.06. The molecule has 108 valence electrons. The zero-order valence-corrected chi connectivity index (χ0v) is 11.6. The summed E-state index contributed by atoms with van der Waals surface area (Å²) in [5.74, 6) is 0.669. The smallest absolute Gasteiger partial charge is 0.229 e. The molecule has 1 N–H and O–H groups in total. The number of amides is 1. The van der Waals surface area contributed by atoms with Crippen molar-refractivity contribution in [2.24, 2.45) is 5.92 Å². The molecule has 6 heteroatoms. The lowest BCUT2D eigenvalue weighted by atomic mass is 9.97. The van der Waals surface area contributed by atoms with Gasteiger partial charge in [-0.25, -0.2) is 9.97 Å². The number of pyridine rings is 1. The van der Waals surface area contributed by atoms with Crippen LogP contribution in [0.4, 0.5) is 11.6 Å². The Bertz CT molecular complexity index is 590. The predicted octanol–water partition coefficient (Wildman–Crippen LogP) is 1.73. The van der Waals surface area contributed by atoms with Gasteiger partial charge in [-0.3, -0.25) is 9.78 Å². The largest absolute Gasteiger partial charge is 0.340 e. The molecule has 6 nitrogen and oxygen atoms in total. The summed E-state index contributed by atoms with van der Waals surface area (Å²) in [5.41, 5.74) is 0.732. The summed E-state index contributed by atoms with van der Waals surface area (Å²) in [4.78, 5) is 26.9. The molecule has 0 bridgehead atoms.